The number of ether oxygens (including phenoxy) is 1. The minimum absolute atomic E-state index is 0.249. The van der Waals surface area contributed by atoms with E-state index in [0.29, 0.717) is 0 Å². The summed E-state index contributed by atoms with van der Waals surface area (Å²) in [5, 5.41) is 8.45. The lowest BCUT2D eigenvalue weighted by Gasteiger charge is -2.08. The van der Waals surface area contributed by atoms with Gasteiger partial charge in [-0.15, -0.1) is 5.10 Å². The van der Waals surface area contributed by atoms with Gasteiger partial charge in [-0.2, -0.15) is 0 Å². The van der Waals surface area contributed by atoms with E-state index in [1.165, 1.54) is 5.56 Å². The highest BCUT2D eigenvalue weighted by Gasteiger charge is 2.12. The third kappa shape index (κ3) is 3.64. The van der Waals surface area contributed by atoms with Crippen molar-refractivity contribution in [1.29, 1.82) is 0 Å². The van der Waals surface area contributed by atoms with Gasteiger partial charge < -0.3 is 4.74 Å². The maximum atomic E-state index is 5.23. The first-order chi connectivity index (χ1) is 9.20. The van der Waals surface area contributed by atoms with Gasteiger partial charge >= 0.3 is 0 Å². The van der Waals surface area contributed by atoms with E-state index in [1.54, 1.807) is 7.11 Å². The van der Waals surface area contributed by atoms with E-state index in [2.05, 4.69) is 48.4 Å². The van der Waals surface area contributed by atoms with Crippen LogP contribution in [0.4, 0.5) is 0 Å². The molecule has 0 spiro atoms. The van der Waals surface area contributed by atoms with Crippen molar-refractivity contribution in [3.05, 3.63) is 47.8 Å². The highest BCUT2D eigenvalue weighted by atomic mass is 16.5. The number of hydrogen-bond acceptors (Lipinski definition) is 3. The Morgan fingerprint density at radius 3 is 2.63 bits per heavy atom. The van der Waals surface area contributed by atoms with Crippen LogP contribution in [0.3, 0.4) is 0 Å². The molecular formula is C15H21N3O. The first-order valence-corrected chi connectivity index (χ1v) is 6.68. The quantitative estimate of drug-likeness (QED) is 0.801. The van der Waals surface area contributed by atoms with Crippen molar-refractivity contribution in [1.82, 2.24) is 15.0 Å². The van der Waals surface area contributed by atoms with Crippen molar-refractivity contribution in [3.8, 4) is 0 Å². The summed E-state index contributed by atoms with van der Waals surface area (Å²) < 4.78 is 7.13. The Hall–Kier alpha value is -1.68. The summed E-state index contributed by atoms with van der Waals surface area (Å²) in [5.41, 5.74) is 2.27. The number of nitrogens with zero attached hydrogens (tertiary/aromatic N) is 3. The predicted octanol–water partition coefficient (Wildman–Crippen LogP) is 2.85. The molecule has 1 aromatic heterocycles. The van der Waals surface area contributed by atoms with E-state index in [9.17, 15) is 0 Å². The lowest BCUT2D eigenvalue weighted by atomic mass is 9.99. The molecule has 0 bridgehead atoms. The Kier molecular flexibility index (Phi) is 4.68. The molecule has 19 heavy (non-hydrogen) atoms. The van der Waals surface area contributed by atoms with Gasteiger partial charge in [-0.1, -0.05) is 42.5 Å². The average molecular weight is 259 g/mol. The van der Waals surface area contributed by atoms with Crippen LogP contribution in [-0.2, 0) is 11.3 Å². The lowest BCUT2D eigenvalue weighted by molar-refractivity contribution is 0.105. The van der Waals surface area contributed by atoms with Crippen LogP contribution >= 0.6 is 0 Å². The zero-order valence-electron chi connectivity index (χ0n) is 11.8. The normalized spacial score (nSPS) is 14.3. The lowest BCUT2D eigenvalue weighted by Crippen LogP contribution is -2.10. The molecule has 4 heteroatoms. The molecule has 102 valence electrons. The van der Waals surface area contributed by atoms with Gasteiger partial charge in [-0.05, 0) is 18.9 Å². The van der Waals surface area contributed by atoms with Gasteiger partial charge in [-0.3, -0.25) is 4.68 Å². The number of benzene rings is 1. The molecule has 2 aromatic rings. The van der Waals surface area contributed by atoms with Crippen LogP contribution in [0.1, 0.15) is 37.4 Å². The molecule has 2 rings (SSSR count). The van der Waals surface area contributed by atoms with Crippen molar-refractivity contribution in [2.24, 2.45) is 0 Å². The molecule has 0 radical (unpaired) electrons. The molecule has 1 heterocycles. The first-order valence-electron chi connectivity index (χ1n) is 6.68. The fourth-order valence-corrected chi connectivity index (χ4v) is 1.97. The molecular weight excluding hydrogens is 238 g/mol. The van der Waals surface area contributed by atoms with E-state index in [4.69, 9.17) is 4.74 Å². The van der Waals surface area contributed by atoms with E-state index in [1.807, 2.05) is 16.9 Å². The van der Waals surface area contributed by atoms with E-state index >= 15 is 0 Å². The molecule has 1 unspecified atom stereocenters. The van der Waals surface area contributed by atoms with E-state index < -0.39 is 0 Å². The third-order valence-corrected chi connectivity index (χ3v) is 3.47. The Labute approximate surface area is 114 Å². The fraction of sp³-hybridized carbons (Fsp3) is 0.467. The van der Waals surface area contributed by atoms with Gasteiger partial charge in [0, 0.05) is 25.8 Å². The van der Waals surface area contributed by atoms with Crippen LogP contribution in [0.2, 0.25) is 0 Å². The zero-order chi connectivity index (χ0) is 13.7. The first kappa shape index (κ1) is 13.7. The number of aryl methyl sites for hydroxylation is 1. The predicted molar refractivity (Wildman–Crippen MR) is 75.1 cm³/mol. The minimum atomic E-state index is 0.249. The summed E-state index contributed by atoms with van der Waals surface area (Å²) in [4.78, 5) is 0. The van der Waals surface area contributed by atoms with Gasteiger partial charge in [0.05, 0.1) is 11.8 Å². The molecule has 0 amide bonds. The number of rotatable bonds is 6. The summed E-state index contributed by atoms with van der Waals surface area (Å²) in [5.74, 6) is 0.273. The molecule has 4 nitrogen and oxygen atoms in total. The second-order valence-corrected chi connectivity index (χ2v) is 4.87. The number of hydrogen-bond donors (Lipinski definition) is 0. The molecule has 1 aromatic carbocycles. The number of aromatic nitrogens is 3. The average Bonchev–Trinajstić information content (AvgIpc) is 2.93. The van der Waals surface area contributed by atoms with Gasteiger partial charge in [-0.25, -0.2) is 0 Å². The Morgan fingerprint density at radius 1 is 1.21 bits per heavy atom. The zero-order valence-corrected chi connectivity index (χ0v) is 11.8. The summed E-state index contributed by atoms with van der Waals surface area (Å²) in [7, 11) is 1.73. The van der Waals surface area contributed by atoms with Gasteiger partial charge in [0.2, 0.25) is 0 Å². The second kappa shape index (κ2) is 6.48. The monoisotopic (exact) mass is 259 g/mol. The maximum Gasteiger partial charge on any atom is 0.0898 e. The second-order valence-electron chi connectivity index (χ2n) is 4.87. The topological polar surface area (TPSA) is 39.9 Å². The van der Waals surface area contributed by atoms with Crippen LogP contribution in [0, 0.1) is 0 Å². The largest absolute Gasteiger partial charge is 0.382 e. The summed E-state index contributed by atoms with van der Waals surface area (Å²) in [6, 6.07) is 10.4. The van der Waals surface area contributed by atoms with Crippen molar-refractivity contribution in [3.63, 3.8) is 0 Å². The van der Waals surface area contributed by atoms with Gasteiger partial charge in [0.15, 0.2) is 0 Å². The van der Waals surface area contributed by atoms with Crippen molar-refractivity contribution in [2.75, 3.05) is 7.11 Å². The summed E-state index contributed by atoms with van der Waals surface area (Å²) in [6.45, 7) is 5.05. The smallest absolute Gasteiger partial charge is 0.0898 e. The highest BCUT2D eigenvalue weighted by molar-refractivity contribution is 5.25. The van der Waals surface area contributed by atoms with Crippen LogP contribution in [0.5, 0.6) is 0 Å². The van der Waals surface area contributed by atoms with Gasteiger partial charge in [0.1, 0.15) is 0 Å². The van der Waals surface area contributed by atoms with Crippen LogP contribution in [-0.4, -0.2) is 28.2 Å². The molecule has 0 aliphatic carbocycles. The van der Waals surface area contributed by atoms with Crippen LogP contribution in [0.15, 0.2) is 36.5 Å². The van der Waals surface area contributed by atoms with Crippen LogP contribution in [0.25, 0.3) is 0 Å². The Morgan fingerprint density at radius 2 is 1.95 bits per heavy atom. The molecule has 0 N–H and O–H groups in total. The SMILES string of the molecule is COC(C)CCn1cc([C@H](C)c2ccccc2)nn1. The highest BCUT2D eigenvalue weighted by Crippen LogP contribution is 2.21. The Balaban J connectivity index is 2.01. The molecule has 0 saturated carbocycles. The Bertz CT molecular complexity index is 495. The molecule has 2 atom stereocenters. The number of methoxy groups -OCH3 is 1. The molecule has 0 fully saturated rings. The van der Waals surface area contributed by atoms with Crippen LogP contribution < -0.4 is 0 Å². The van der Waals surface area contributed by atoms with Crippen molar-refractivity contribution < 1.29 is 4.74 Å². The standard InChI is InChI=1S/C15H21N3O/c1-12(19-3)9-10-18-11-15(16-17-18)13(2)14-7-5-4-6-8-14/h4-8,11-13H,9-10H2,1-3H3/t12?,13-/m1/s1. The third-order valence-electron chi connectivity index (χ3n) is 3.47. The van der Waals surface area contributed by atoms with E-state index in [-0.39, 0.29) is 12.0 Å². The molecule has 0 aliphatic rings. The molecule has 0 aliphatic heterocycles. The van der Waals surface area contributed by atoms with Gasteiger partial charge in [0.25, 0.3) is 0 Å². The van der Waals surface area contributed by atoms with Crippen molar-refractivity contribution >= 4 is 0 Å². The van der Waals surface area contributed by atoms with Crippen molar-refractivity contribution in [2.45, 2.75) is 38.8 Å². The summed E-state index contributed by atoms with van der Waals surface area (Å²) >= 11 is 0. The maximum absolute atomic E-state index is 5.23. The summed E-state index contributed by atoms with van der Waals surface area (Å²) in [6.07, 6.45) is 3.22. The van der Waals surface area contributed by atoms with E-state index in [0.717, 1.165) is 18.7 Å². The molecule has 0 saturated heterocycles. The fourth-order valence-electron chi connectivity index (χ4n) is 1.97. The minimum Gasteiger partial charge on any atom is -0.382 e.